The second-order valence-electron chi connectivity index (χ2n) is 7.47. The molecule has 0 saturated heterocycles. The Labute approximate surface area is 182 Å². The third-order valence-electron chi connectivity index (χ3n) is 5.06. The molecule has 1 atom stereocenters. The number of sulfonamides is 1. The molecule has 0 unspecified atom stereocenters. The van der Waals surface area contributed by atoms with Gasteiger partial charge in [0.25, 0.3) is 5.69 Å². The number of nitrogens with zero attached hydrogens (tertiary/aromatic N) is 2. The highest BCUT2D eigenvalue weighted by molar-refractivity contribution is 7.92. The highest BCUT2D eigenvalue weighted by Gasteiger charge is 2.27. The van der Waals surface area contributed by atoms with Gasteiger partial charge in [-0.1, -0.05) is 12.1 Å². The predicted octanol–water partition coefficient (Wildman–Crippen LogP) is 3.17. The molecule has 2 aromatic carbocycles. The maximum Gasteiger partial charge on any atom is 0.271 e. The highest BCUT2D eigenvalue weighted by Crippen LogP contribution is 2.33. The lowest BCUT2D eigenvalue weighted by Gasteiger charge is -2.25. The molecule has 0 aliphatic rings. The van der Waals surface area contributed by atoms with Crippen molar-refractivity contribution in [3.05, 3.63) is 62.7 Å². The number of hydrogen-bond acceptors (Lipinski definition) is 6. The molecule has 0 saturated carbocycles. The van der Waals surface area contributed by atoms with E-state index in [2.05, 4.69) is 5.32 Å². The average molecular weight is 450 g/mol. The fourth-order valence-electron chi connectivity index (χ4n) is 3.31. The van der Waals surface area contributed by atoms with Crippen molar-refractivity contribution in [3.8, 4) is 5.75 Å². The average Bonchev–Trinajstić information content (AvgIpc) is 2.67. The van der Waals surface area contributed by atoms with Crippen molar-refractivity contribution in [1.29, 1.82) is 0 Å². The van der Waals surface area contributed by atoms with Gasteiger partial charge in [0.2, 0.25) is 15.9 Å². The maximum atomic E-state index is 12.7. The molecule has 0 aliphatic heterocycles. The fraction of sp³-hybridized carbons (Fsp3) is 0.381. The van der Waals surface area contributed by atoms with Gasteiger partial charge in [0.15, 0.2) is 0 Å². The summed E-state index contributed by atoms with van der Waals surface area (Å²) in [6.45, 7) is 7.19. The van der Waals surface area contributed by atoms with E-state index < -0.39 is 27.4 Å². The molecule has 0 spiro atoms. The number of nitro groups is 1. The van der Waals surface area contributed by atoms with Crippen LogP contribution in [0.25, 0.3) is 0 Å². The van der Waals surface area contributed by atoms with E-state index in [1.54, 1.807) is 0 Å². The van der Waals surface area contributed by atoms with E-state index in [0.717, 1.165) is 38.9 Å². The van der Waals surface area contributed by atoms with Gasteiger partial charge < -0.3 is 10.1 Å². The number of nitrogens with one attached hydrogen (secondary N) is 1. The molecule has 9 nitrogen and oxygen atoms in total. The molecule has 0 heterocycles. The molecule has 31 heavy (non-hydrogen) atoms. The van der Waals surface area contributed by atoms with Gasteiger partial charge in [0.1, 0.15) is 18.0 Å². The minimum Gasteiger partial charge on any atom is -0.495 e. The number of amides is 1. The quantitative estimate of drug-likeness (QED) is 0.488. The van der Waals surface area contributed by atoms with Crippen molar-refractivity contribution in [1.82, 2.24) is 5.32 Å². The van der Waals surface area contributed by atoms with E-state index in [1.807, 2.05) is 39.8 Å². The molecule has 2 rings (SSSR count). The van der Waals surface area contributed by atoms with Gasteiger partial charge in [-0.3, -0.25) is 19.2 Å². The van der Waals surface area contributed by atoms with Crippen molar-refractivity contribution >= 4 is 27.3 Å². The SMILES string of the molecule is COc1ccc([N+](=O)[O-])cc1N(CC(=O)N[C@H](C)c1cc(C)c(C)cc1C)S(C)(=O)=O. The van der Waals surface area contributed by atoms with Crippen LogP contribution in [-0.4, -0.2) is 39.2 Å². The normalized spacial score (nSPS) is 12.2. The molecule has 1 N–H and O–H groups in total. The standard InChI is InChI=1S/C21H27N3O6S/c1-13-9-15(3)18(10-14(13)2)16(4)22-21(25)12-23(31(6,28)29)19-11-17(24(26)27)7-8-20(19)30-5/h7-11,16H,12H2,1-6H3,(H,22,25)/t16-/m1/s1. The van der Waals surface area contributed by atoms with Crippen LogP contribution in [0.2, 0.25) is 0 Å². The molecule has 1 amide bonds. The van der Waals surface area contributed by atoms with Crippen molar-refractivity contribution in [2.75, 3.05) is 24.2 Å². The molecular weight excluding hydrogens is 422 g/mol. The zero-order valence-corrected chi connectivity index (χ0v) is 19.2. The van der Waals surface area contributed by atoms with Crippen LogP contribution in [0.1, 0.15) is 35.2 Å². The summed E-state index contributed by atoms with van der Waals surface area (Å²) in [4.78, 5) is 23.3. The Morgan fingerprint density at radius 2 is 1.77 bits per heavy atom. The lowest BCUT2D eigenvalue weighted by atomic mass is 9.96. The highest BCUT2D eigenvalue weighted by atomic mass is 32.2. The smallest absolute Gasteiger partial charge is 0.271 e. The van der Waals surface area contributed by atoms with Gasteiger partial charge in [-0.05, 0) is 56.0 Å². The molecule has 0 aliphatic carbocycles. The molecule has 2 aromatic rings. The summed E-state index contributed by atoms with van der Waals surface area (Å²) in [5.74, 6) is -0.453. The zero-order valence-electron chi connectivity index (χ0n) is 18.4. The van der Waals surface area contributed by atoms with Crippen molar-refractivity contribution in [3.63, 3.8) is 0 Å². The number of nitro benzene ring substituents is 1. The fourth-order valence-corrected chi connectivity index (χ4v) is 4.16. The summed E-state index contributed by atoms with van der Waals surface area (Å²) in [5.41, 5.74) is 3.77. The summed E-state index contributed by atoms with van der Waals surface area (Å²) < 4.78 is 30.8. The van der Waals surface area contributed by atoms with Crippen LogP contribution in [0.15, 0.2) is 30.3 Å². The van der Waals surface area contributed by atoms with Gasteiger partial charge in [-0.15, -0.1) is 0 Å². The molecule has 0 fully saturated rings. The van der Waals surface area contributed by atoms with Crippen LogP contribution in [-0.2, 0) is 14.8 Å². The molecular formula is C21H27N3O6S. The number of ether oxygens (including phenoxy) is 1. The third kappa shape index (κ3) is 5.72. The van der Waals surface area contributed by atoms with Gasteiger partial charge >= 0.3 is 0 Å². The van der Waals surface area contributed by atoms with E-state index in [1.165, 1.54) is 19.2 Å². The van der Waals surface area contributed by atoms with E-state index in [0.29, 0.717) is 0 Å². The van der Waals surface area contributed by atoms with Gasteiger partial charge in [-0.25, -0.2) is 8.42 Å². The Bertz CT molecular complexity index is 1110. The number of carbonyl (C=O) groups excluding carboxylic acids is 1. The number of non-ortho nitro benzene ring substituents is 1. The number of carbonyl (C=O) groups is 1. The van der Waals surface area contributed by atoms with Crippen LogP contribution >= 0.6 is 0 Å². The number of aryl methyl sites for hydroxylation is 3. The first-order valence-electron chi connectivity index (χ1n) is 9.52. The summed E-state index contributed by atoms with van der Waals surface area (Å²) in [5, 5.41) is 14.0. The summed E-state index contributed by atoms with van der Waals surface area (Å²) >= 11 is 0. The van der Waals surface area contributed by atoms with Crippen molar-refractivity contribution in [2.24, 2.45) is 0 Å². The molecule has 0 radical (unpaired) electrons. The Kier molecular flexibility index (Phi) is 7.27. The first-order chi connectivity index (χ1) is 14.3. The first kappa shape index (κ1) is 24.1. The van der Waals surface area contributed by atoms with Crippen LogP contribution in [0.4, 0.5) is 11.4 Å². The number of benzene rings is 2. The number of methoxy groups -OCH3 is 1. The number of rotatable bonds is 8. The second-order valence-corrected chi connectivity index (χ2v) is 9.37. The Morgan fingerprint density at radius 1 is 1.16 bits per heavy atom. The molecule has 0 aromatic heterocycles. The minimum atomic E-state index is -3.94. The summed E-state index contributed by atoms with van der Waals surface area (Å²) in [6.07, 6.45) is 0.926. The Morgan fingerprint density at radius 3 is 2.32 bits per heavy atom. The largest absolute Gasteiger partial charge is 0.495 e. The second kappa shape index (κ2) is 9.34. The first-order valence-corrected chi connectivity index (χ1v) is 11.4. The number of anilines is 1. The monoisotopic (exact) mass is 449 g/mol. The molecule has 10 heteroatoms. The van der Waals surface area contributed by atoms with Gasteiger partial charge in [0.05, 0.1) is 24.3 Å². The van der Waals surface area contributed by atoms with Crippen LogP contribution < -0.4 is 14.4 Å². The number of hydrogen-bond donors (Lipinski definition) is 1. The van der Waals surface area contributed by atoms with Crippen molar-refractivity contribution in [2.45, 2.75) is 33.7 Å². The topological polar surface area (TPSA) is 119 Å². The lowest BCUT2D eigenvalue weighted by molar-refractivity contribution is -0.384. The third-order valence-corrected chi connectivity index (χ3v) is 6.18. The summed E-state index contributed by atoms with van der Waals surface area (Å²) in [7, 11) is -2.62. The van der Waals surface area contributed by atoms with E-state index in [4.69, 9.17) is 4.74 Å². The van der Waals surface area contributed by atoms with Gasteiger partial charge in [0, 0.05) is 12.1 Å². The maximum absolute atomic E-state index is 12.7. The zero-order chi connectivity index (χ0) is 23.5. The molecule has 168 valence electrons. The van der Waals surface area contributed by atoms with Crippen LogP contribution in [0.3, 0.4) is 0 Å². The van der Waals surface area contributed by atoms with E-state index in [-0.39, 0.29) is 23.2 Å². The lowest BCUT2D eigenvalue weighted by Crippen LogP contribution is -2.41. The molecule has 0 bridgehead atoms. The Hall–Kier alpha value is -3.14. The predicted molar refractivity (Wildman–Crippen MR) is 119 cm³/mol. The van der Waals surface area contributed by atoms with Gasteiger partial charge in [-0.2, -0.15) is 0 Å². The van der Waals surface area contributed by atoms with Crippen molar-refractivity contribution < 1.29 is 22.9 Å². The van der Waals surface area contributed by atoms with E-state index in [9.17, 15) is 23.3 Å². The summed E-state index contributed by atoms with van der Waals surface area (Å²) in [6, 6.07) is 7.24. The van der Waals surface area contributed by atoms with Crippen LogP contribution in [0.5, 0.6) is 5.75 Å². The Balaban J connectivity index is 2.34. The van der Waals surface area contributed by atoms with Crippen LogP contribution in [0, 0.1) is 30.9 Å². The minimum absolute atomic E-state index is 0.0793. The van der Waals surface area contributed by atoms with E-state index >= 15 is 0 Å².